The maximum absolute atomic E-state index is 12.3. The Kier molecular flexibility index (Phi) is 3.05. The van der Waals surface area contributed by atoms with E-state index >= 15 is 0 Å². The van der Waals surface area contributed by atoms with E-state index in [1.165, 1.54) is 0 Å². The molecular weight excluding hydrogens is 264 g/mol. The molecular formula is C13H20N2O3S. The van der Waals surface area contributed by atoms with Gasteiger partial charge in [0.05, 0.1) is 18.1 Å². The van der Waals surface area contributed by atoms with Crippen molar-refractivity contribution in [3.05, 3.63) is 0 Å². The van der Waals surface area contributed by atoms with Crippen molar-refractivity contribution < 1.29 is 14.3 Å². The number of carbonyl (C=O) groups excluding carboxylic acids is 2. The van der Waals surface area contributed by atoms with Gasteiger partial charge in [0.1, 0.15) is 6.04 Å². The zero-order valence-electron chi connectivity index (χ0n) is 11.4. The summed E-state index contributed by atoms with van der Waals surface area (Å²) in [7, 11) is 0. The van der Waals surface area contributed by atoms with Crippen molar-refractivity contribution in [1.29, 1.82) is 0 Å². The third kappa shape index (κ3) is 2.14. The van der Waals surface area contributed by atoms with E-state index in [0.717, 1.165) is 6.42 Å². The summed E-state index contributed by atoms with van der Waals surface area (Å²) in [6.45, 7) is 6.20. The molecule has 6 heteroatoms. The number of thioether (sulfide) groups is 1. The topological polar surface area (TPSA) is 58.6 Å². The van der Waals surface area contributed by atoms with Crippen LogP contribution in [0.2, 0.25) is 0 Å². The lowest BCUT2D eigenvalue weighted by molar-refractivity contribution is -0.139. The van der Waals surface area contributed by atoms with Gasteiger partial charge in [0.2, 0.25) is 11.8 Å². The number of nitrogens with one attached hydrogen (secondary N) is 1. The highest BCUT2D eigenvalue weighted by atomic mass is 32.2. The number of rotatable bonds is 3. The zero-order valence-corrected chi connectivity index (χ0v) is 12.2. The number of hydrogen-bond donors (Lipinski definition) is 1. The molecule has 0 radical (unpaired) electrons. The maximum atomic E-state index is 12.3. The van der Waals surface area contributed by atoms with Crippen molar-refractivity contribution in [2.75, 3.05) is 25.5 Å². The first-order valence-electron chi connectivity index (χ1n) is 6.75. The fraction of sp³-hybridized carbons (Fsp3) is 0.846. The van der Waals surface area contributed by atoms with Gasteiger partial charge < -0.3 is 15.0 Å². The van der Waals surface area contributed by atoms with E-state index in [4.69, 9.17) is 4.74 Å². The summed E-state index contributed by atoms with van der Waals surface area (Å²) in [5.74, 6) is 0.812. The van der Waals surface area contributed by atoms with Crippen LogP contribution in [-0.4, -0.2) is 53.1 Å². The molecule has 2 unspecified atom stereocenters. The molecule has 1 N–H and O–H groups in total. The predicted molar refractivity (Wildman–Crippen MR) is 72.7 cm³/mol. The summed E-state index contributed by atoms with van der Waals surface area (Å²) in [6.07, 6.45) is 1.42. The van der Waals surface area contributed by atoms with E-state index < -0.39 is 0 Å². The van der Waals surface area contributed by atoms with Crippen molar-refractivity contribution in [1.82, 2.24) is 10.2 Å². The molecule has 3 aliphatic rings. The fourth-order valence-electron chi connectivity index (χ4n) is 2.99. The molecule has 106 valence electrons. The fourth-order valence-corrected chi connectivity index (χ4v) is 4.42. The van der Waals surface area contributed by atoms with Gasteiger partial charge in [-0.05, 0) is 13.3 Å². The summed E-state index contributed by atoms with van der Waals surface area (Å²) in [5.41, 5.74) is 0.0692. The zero-order chi connectivity index (χ0) is 13.7. The second-order valence-electron chi connectivity index (χ2n) is 6.29. The highest BCUT2D eigenvalue weighted by Gasteiger charge is 2.53. The summed E-state index contributed by atoms with van der Waals surface area (Å²) < 4.78 is 5.18. The first kappa shape index (κ1) is 13.2. The van der Waals surface area contributed by atoms with Gasteiger partial charge in [0.25, 0.3) is 0 Å². The number of nitrogens with zero attached hydrogens (tertiary/aromatic N) is 1. The SMILES string of the molecule is CC1(CNC(=O)C2CSC3(C)CCC(=O)N23)COC1. The highest BCUT2D eigenvalue weighted by molar-refractivity contribution is 8.01. The molecule has 3 heterocycles. The Morgan fingerprint density at radius 3 is 2.89 bits per heavy atom. The van der Waals surface area contributed by atoms with Crippen LogP contribution in [0.4, 0.5) is 0 Å². The Labute approximate surface area is 117 Å². The Bertz CT molecular complexity index is 424. The van der Waals surface area contributed by atoms with Crippen LogP contribution in [0.5, 0.6) is 0 Å². The Morgan fingerprint density at radius 1 is 1.53 bits per heavy atom. The van der Waals surface area contributed by atoms with Gasteiger partial charge in [0, 0.05) is 24.1 Å². The molecule has 0 spiro atoms. The van der Waals surface area contributed by atoms with Crippen LogP contribution in [0.3, 0.4) is 0 Å². The minimum Gasteiger partial charge on any atom is -0.380 e. The third-order valence-electron chi connectivity index (χ3n) is 4.34. The quantitative estimate of drug-likeness (QED) is 0.824. The van der Waals surface area contributed by atoms with Crippen LogP contribution < -0.4 is 5.32 Å². The van der Waals surface area contributed by atoms with Gasteiger partial charge in [0.15, 0.2) is 0 Å². The van der Waals surface area contributed by atoms with Gasteiger partial charge in [-0.15, -0.1) is 11.8 Å². The Hall–Kier alpha value is -0.750. The molecule has 0 aromatic heterocycles. The van der Waals surface area contributed by atoms with Crippen LogP contribution in [0.25, 0.3) is 0 Å². The average molecular weight is 284 g/mol. The second-order valence-corrected chi connectivity index (χ2v) is 7.79. The van der Waals surface area contributed by atoms with Crippen molar-refractivity contribution in [3.8, 4) is 0 Å². The molecule has 3 aliphatic heterocycles. The van der Waals surface area contributed by atoms with Gasteiger partial charge >= 0.3 is 0 Å². The third-order valence-corrected chi connectivity index (χ3v) is 5.84. The Balaban J connectivity index is 1.62. The predicted octanol–water partition coefficient (Wildman–Crippen LogP) is 0.593. The molecule has 3 saturated heterocycles. The smallest absolute Gasteiger partial charge is 0.243 e. The molecule has 0 aromatic rings. The van der Waals surface area contributed by atoms with E-state index in [9.17, 15) is 9.59 Å². The molecule has 3 fully saturated rings. The summed E-state index contributed by atoms with van der Waals surface area (Å²) in [5, 5.41) is 2.99. The molecule has 0 aromatic carbocycles. The molecule has 19 heavy (non-hydrogen) atoms. The van der Waals surface area contributed by atoms with E-state index in [1.807, 2.05) is 0 Å². The van der Waals surface area contributed by atoms with Crippen LogP contribution in [0.15, 0.2) is 0 Å². The average Bonchev–Trinajstić information content (AvgIpc) is 2.82. The number of hydrogen-bond acceptors (Lipinski definition) is 4. The van der Waals surface area contributed by atoms with E-state index in [0.29, 0.717) is 31.9 Å². The summed E-state index contributed by atoms with van der Waals surface area (Å²) in [4.78, 5) is 25.9. The first-order chi connectivity index (χ1) is 8.94. The largest absolute Gasteiger partial charge is 0.380 e. The van der Waals surface area contributed by atoms with Crippen LogP contribution in [0, 0.1) is 5.41 Å². The molecule has 3 rings (SSSR count). The van der Waals surface area contributed by atoms with E-state index in [2.05, 4.69) is 19.2 Å². The minimum absolute atomic E-state index is 0.0143. The molecule has 0 bridgehead atoms. The molecule has 2 amide bonds. The van der Waals surface area contributed by atoms with Crippen molar-refractivity contribution in [2.45, 2.75) is 37.6 Å². The van der Waals surface area contributed by atoms with Crippen LogP contribution in [0.1, 0.15) is 26.7 Å². The Morgan fingerprint density at radius 2 is 2.26 bits per heavy atom. The first-order valence-corrected chi connectivity index (χ1v) is 7.74. The standard InChI is InChI=1S/C13H20N2O3S/c1-12(7-18-8-12)6-14-11(17)9-5-19-13(2)4-3-10(16)15(9)13/h9H,3-8H2,1-2H3,(H,14,17). The normalized spacial score (nSPS) is 36.0. The molecule has 5 nitrogen and oxygen atoms in total. The highest BCUT2D eigenvalue weighted by Crippen LogP contribution is 2.47. The van der Waals surface area contributed by atoms with Gasteiger partial charge in [-0.1, -0.05) is 6.92 Å². The van der Waals surface area contributed by atoms with Crippen molar-refractivity contribution in [2.24, 2.45) is 5.41 Å². The van der Waals surface area contributed by atoms with Crippen molar-refractivity contribution in [3.63, 3.8) is 0 Å². The van der Waals surface area contributed by atoms with Gasteiger partial charge in [-0.2, -0.15) is 0 Å². The number of amides is 2. The van der Waals surface area contributed by atoms with E-state index in [-0.39, 0.29) is 28.1 Å². The lowest BCUT2D eigenvalue weighted by Crippen LogP contribution is -2.54. The van der Waals surface area contributed by atoms with E-state index in [1.54, 1.807) is 16.7 Å². The lowest BCUT2D eigenvalue weighted by Gasteiger charge is -2.38. The summed E-state index contributed by atoms with van der Waals surface area (Å²) >= 11 is 1.73. The van der Waals surface area contributed by atoms with Gasteiger partial charge in [-0.25, -0.2) is 0 Å². The van der Waals surface area contributed by atoms with Crippen LogP contribution in [-0.2, 0) is 14.3 Å². The molecule has 0 aliphatic carbocycles. The van der Waals surface area contributed by atoms with Crippen LogP contribution >= 0.6 is 11.8 Å². The van der Waals surface area contributed by atoms with Crippen molar-refractivity contribution >= 4 is 23.6 Å². The molecule has 0 saturated carbocycles. The summed E-state index contributed by atoms with van der Waals surface area (Å²) in [6, 6.07) is -0.297. The number of fused-ring (bicyclic) bond motifs is 1. The number of carbonyl (C=O) groups is 2. The van der Waals surface area contributed by atoms with Gasteiger partial charge in [-0.3, -0.25) is 9.59 Å². The second kappa shape index (κ2) is 4.38. The molecule has 2 atom stereocenters. The maximum Gasteiger partial charge on any atom is 0.243 e. The number of ether oxygens (including phenoxy) is 1. The monoisotopic (exact) mass is 284 g/mol. The minimum atomic E-state index is -0.297. The lowest BCUT2D eigenvalue weighted by atomic mass is 9.88.